The molecule has 14 heavy (non-hydrogen) atoms. The van der Waals surface area contributed by atoms with Crippen molar-refractivity contribution in [1.29, 1.82) is 0 Å². The molecular weight excluding hydrogens is 174 g/mol. The normalized spacial score (nSPS) is 16.4. The van der Waals surface area contributed by atoms with E-state index >= 15 is 0 Å². The van der Waals surface area contributed by atoms with Gasteiger partial charge in [0, 0.05) is 6.54 Å². The number of likely N-dealkylation sites (tertiary alicyclic amines) is 1. The lowest BCUT2D eigenvalue weighted by molar-refractivity contribution is 0.172. The van der Waals surface area contributed by atoms with Crippen LogP contribution in [-0.2, 0) is 6.54 Å². The first-order valence-corrected chi connectivity index (χ1v) is 5.15. The maximum absolute atomic E-state index is 5.23. The van der Waals surface area contributed by atoms with Crippen molar-refractivity contribution in [2.24, 2.45) is 0 Å². The average Bonchev–Trinajstić information content (AvgIpc) is 2.12. The Bertz CT molecular complexity index is 318. The lowest BCUT2D eigenvalue weighted by Crippen LogP contribution is -2.36. The first kappa shape index (κ1) is 9.53. The van der Waals surface area contributed by atoms with Crippen molar-refractivity contribution < 1.29 is 4.74 Å². The molecule has 0 aromatic heterocycles. The van der Waals surface area contributed by atoms with Crippen LogP contribution in [0, 0.1) is 6.92 Å². The standard InChI is InChI=1S/C12H17NO/c1-10-8-11(4-5-12(10)14-2)9-13-6-3-7-13/h4-5,8H,3,6-7,9H2,1-2H3. The Morgan fingerprint density at radius 1 is 1.36 bits per heavy atom. The number of benzene rings is 1. The largest absolute Gasteiger partial charge is 0.496 e. The predicted molar refractivity (Wildman–Crippen MR) is 57.6 cm³/mol. The van der Waals surface area contributed by atoms with Gasteiger partial charge >= 0.3 is 0 Å². The molecule has 1 fully saturated rings. The van der Waals surface area contributed by atoms with Crippen LogP contribution in [0.15, 0.2) is 18.2 Å². The lowest BCUT2D eigenvalue weighted by Gasteiger charge is -2.30. The van der Waals surface area contributed by atoms with Gasteiger partial charge in [-0.25, -0.2) is 0 Å². The summed E-state index contributed by atoms with van der Waals surface area (Å²) >= 11 is 0. The molecule has 0 N–H and O–H groups in total. The molecule has 0 saturated carbocycles. The van der Waals surface area contributed by atoms with Crippen LogP contribution in [0.1, 0.15) is 17.5 Å². The van der Waals surface area contributed by atoms with E-state index in [0.717, 1.165) is 12.3 Å². The first-order valence-electron chi connectivity index (χ1n) is 5.15. The van der Waals surface area contributed by atoms with Gasteiger partial charge in [-0.1, -0.05) is 12.1 Å². The van der Waals surface area contributed by atoms with E-state index in [1.165, 1.54) is 30.6 Å². The van der Waals surface area contributed by atoms with E-state index in [0.29, 0.717) is 0 Å². The summed E-state index contributed by atoms with van der Waals surface area (Å²) in [5.74, 6) is 0.984. The summed E-state index contributed by atoms with van der Waals surface area (Å²) in [7, 11) is 1.72. The number of nitrogens with zero attached hydrogens (tertiary/aromatic N) is 1. The monoisotopic (exact) mass is 191 g/mol. The second-order valence-corrected chi connectivity index (χ2v) is 3.93. The fourth-order valence-electron chi connectivity index (χ4n) is 1.84. The molecule has 1 aromatic rings. The first-order chi connectivity index (χ1) is 6.79. The third-order valence-electron chi connectivity index (χ3n) is 2.81. The summed E-state index contributed by atoms with van der Waals surface area (Å²) in [5.41, 5.74) is 2.62. The summed E-state index contributed by atoms with van der Waals surface area (Å²) in [5, 5.41) is 0. The zero-order valence-corrected chi connectivity index (χ0v) is 8.92. The van der Waals surface area contributed by atoms with Gasteiger partial charge in [0.2, 0.25) is 0 Å². The highest BCUT2D eigenvalue weighted by Crippen LogP contribution is 2.20. The van der Waals surface area contributed by atoms with Crippen molar-refractivity contribution in [1.82, 2.24) is 4.90 Å². The van der Waals surface area contributed by atoms with Crippen molar-refractivity contribution in [2.75, 3.05) is 20.2 Å². The quantitative estimate of drug-likeness (QED) is 0.726. The zero-order valence-electron chi connectivity index (χ0n) is 8.92. The van der Waals surface area contributed by atoms with Crippen LogP contribution in [0.4, 0.5) is 0 Å². The maximum Gasteiger partial charge on any atom is 0.121 e. The molecule has 0 bridgehead atoms. The number of hydrogen-bond donors (Lipinski definition) is 0. The van der Waals surface area contributed by atoms with Crippen LogP contribution in [0.2, 0.25) is 0 Å². The average molecular weight is 191 g/mol. The van der Waals surface area contributed by atoms with Gasteiger partial charge in [0.05, 0.1) is 7.11 Å². The highest BCUT2D eigenvalue weighted by Gasteiger charge is 2.13. The van der Waals surface area contributed by atoms with Gasteiger partial charge in [0.25, 0.3) is 0 Å². The number of ether oxygens (including phenoxy) is 1. The Morgan fingerprint density at radius 2 is 2.14 bits per heavy atom. The van der Waals surface area contributed by atoms with Crippen LogP contribution < -0.4 is 4.74 Å². The number of methoxy groups -OCH3 is 1. The summed E-state index contributed by atoms with van der Waals surface area (Å²) in [4.78, 5) is 2.46. The molecule has 0 spiro atoms. The van der Waals surface area contributed by atoms with Crippen molar-refractivity contribution in [3.05, 3.63) is 29.3 Å². The van der Waals surface area contributed by atoms with Gasteiger partial charge in [-0.3, -0.25) is 4.90 Å². The van der Waals surface area contributed by atoms with Gasteiger partial charge in [0.1, 0.15) is 5.75 Å². The third kappa shape index (κ3) is 1.90. The van der Waals surface area contributed by atoms with Crippen LogP contribution in [0.5, 0.6) is 5.75 Å². The SMILES string of the molecule is COc1ccc(CN2CCC2)cc1C. The molecule has 0 unspecified atom stereocenters. The van der Waals surface area contributed by atoms with Crippen molar-refractivity contribution in [2.45, 2.75) is 19.9 Å². The van der Waals surface area contributed by atoms with Crippen LogP contribution in [0.3, 0.4) is 0 Å². The lowest BCUT2D eigenvalue weighted by atomic mass is 10.1. The van der Waals surface area contributed by atoms with Crippen LogP contribution in [0.25, 0.3) is 0 Å². The van der Waals surface area contributed by atoms with Gasteiger partial charge in [-0.2, -0.15) is 0 Å². The number of aryl methyl sites for hydroxylation is 1. The van der Waals surface area contributed by atoms with Crippen LogP contribution in [-0.4, -0.2) is 25.1 Å². The van der Waals surface area contributed by atoms with E-state index < -0.39 is 0 Å². The molecule has 0 aliphatic carbocycles. The second kappa shape index (κ2) is 4.01. The third-order valence-corrected chi connectivity index (χ3v) is 2.81. The van der Waals surface area contributed by atoms with Crippen molar-refractivity contribution in [3.8, 4) is 5.75 Å². The number of hydrogen-bond acceptors (Lipinski definition) is 2. The Balaban J connectivity index is 2.07. The summed E-state index contributed by atoms with van der Waals surface area (Å²) < 4.78 is 5.23. The summed E-state index contributed by atoms with van der Waals surface area (Å²) in [6.45, 7) is 5.69. The molecule has 1 heterocycles. The minimum absolute atomic E-state index is 0.984. The van der Waals surface area contributed by atoms with E-state index in [-0.39, 0.29) is 0 Å². The molecule has 1 aromatic carbocycles. The topological polar surface area (TPSA) is 12.5 Å². The molecule has 76 valence electrons. The van der Waals surface area contributed by atoms with Crippen LogP contribution >= 0.6 is 0 Å². The number of rotatable bonds is 3. The Hall–Kier alpha value is -1.02. The molecule has 2 nitrogen and oxygen atoms in total. The minimum Gasteiger partial charge on any atom is -0.496 e. The fourth-order valence-corrected chi connectivity index (χ4v) is 1.84. The van der Waals surface area contributed by atoms with Gasteiger partial charge in [0.15, 0.2) is 0 Å². The fraction of sp³-hybridized carbons (Fsp3) is 0.500. The molecule has 1 saturated heterocycles. The molecule has 0 amide bonds. The molecule has 0 atom stereocenters. The predicted octanol–water partition coefficient (Wildman–Crippen LogP) is 2.21. The van der Waals surface area contributed by atoms with Gasteiger partial charge in [-0.15, -0.1) is 0 Å². The van der Waals surface area contributed by atoms with E-state index in [1.54, 1.807) is 7.11 Å². The molecule has 1 aliphatic heterocycles. The highest BCUT2D eigenvalue weighted by atomic mass is 16.5. The highest BCUT2D eigenvalue weighted by molar-refractivity contribution is 5.36. The van der Waals surface area contributed by atoms with Crippen molar-refractivity contribution in [3.63, 3.8) is 0 Å². The smallest absolute Gasteiger partial charge is 0.121 e. The van der Waals surface area contributed by atoms with E-state index in [4.69, 9.17) is 4.74 Å². The summed E-state index contributed by atoms with van der Waals surface area (Å²) in [6, 6.07) is 6.44. The molecule has 0 radical (unpaired) electrons. The molecule has 2 rings (SSSR count). The Morgan fingerprint density at radius 3 is 2.64 bits per heavy atom. The molecular formula is C12H17NO. The van der Waals surface area contributed by atoms with E-state index in [9.17, 15) is 0 Å². The zero-order chi connectivity index (χ0) is 9.97. The second-order valence-electron chi connectivity index (χ2n) is 3.93. The maximum atomic E-state index is 5.23. The Kier molecular flexibility index (Phi) is 2.73. The summed E-state index contributed by atoms with van der Waals surface area (Å²) in [6.07, 6.45) is 1.36. The van der Waals surface area contributed by atoms with Crippen molar-refractivity contribution >= 4 is 0 Å². The van der Waals surface area contributed by atoms with E-state index in [1.807, 2.05) is 0 Å². The van der Waals surface area contributed by atoms with Gasteiger partial charge in [-0.05, 0) is 43.6 Å². The minimum atomic E-state index is 0.984. The van der Waals surface area contributed by atoms with Gasteiger partial charge < -0.3 is 4.74 Å². The van der Waals surface area contributed by atoms with E-state index in [2.05, 4.69) is 30.0 Å². The molecule has 2 heteroatoms. The Labute approximate surface area is 85.5 Å². The molecule has 1 aliphatic rings.